The Hall–Kier alpha value is -1.34. The summed E-state index contributed by atoms with van der Waals surface area (Å²) in [6, 6.07) is -0.612. The summed E-state index contributed by atoms with van der Waals surface area (Å²) in [4.78, 5) is 22.7. The average molecular weight is 316 g/mol. The van der Waals surface area contributed by atoms with Gasteiger partial charge in [0.15, 0.2) is 0 Å². The average Bonchev–Trinajstić information content (AvgIpc) is 2.42. The Bertz CT molecular complexity index is 329. The Balaban J connectivity index is 3.38. The van der Waals surface area contributed by atoms with Crippen molar-refractivity contribution in [3.8, 4) is 0 Å². The van der Waals surface area contributed by atoms with Crippen LogP contribution in [0.5, 0.6) is 0 Å². The molecular weight excluding hydrogens is 284 g/mol. The van der Waals surface area contributed by atoms with Crippen molar-refractivity contribution in [2.45, 2.75) is 64.5 Å². The van der Waals surface area contributed by atoms with Crippen LogP contribution in [0.1, 0.15) is 52.9 Å². The lowest BCUT2D eigenvalue weighted by atomic mass is 10.1. The Morgan fingerprint density at radius 2 is 1.50 bits per heavy atom. The lowest BCUT2D eigenvalue weighted by Gasteiger charge is -2.19. The molecule has 0 aromatic heterocycles. The molecular formula is C15H32N4O3. The number of hydrogen-bond acceptors (Lipinski definition) is 5. The molecule has 2 amide bonds. The third-order valence-corrected chi connectivity index (χ3v) is 2.91. The maximum absolute atomic E-state index is 11.4. The number of nitrogens with two attached hydrogens (primary N) is 2. The first kappa shape index (κ1) is 20.7. The van der Waals surface area contributed by atoms with Crippen LogP contribution in [0.25, 0.3) is 0 Å². The highest BCUT2D eigenvalue weighted by molar-refractivity contribution is 5.81. The Morgan fingerprint density at radius 1 is 1.00 bits per heavy atom. The zero-order valence-corrected chi connectivity index (χ0v) is 14.1. The second-order valence-corrected chi connectivity index (χ2v) is 6.33. The van der Waals surface area contributed by atoms with Crippen LogP contribution in [0, 0.1) is 0 Å². The van der Waals surface area contributed by atoms with Gasteiger partial charge in [-0.25, -0.2) is 4.79 Å². The van der Waals surface area contributed by atoms with Crippen molar-refractivity contribution in [1.82, 2.24) is 10.6 Å². The van der Waals surface area contributed by atoms with Gasteiger partial charge in [0.25, 0.3) is 0 Å². The van der Waals surface area contributed by atoms with Gasteiger partial charge in [-0.05, 0) is 33.6 Å². The zero-order valence-electron chi connectivity index (χ0n) is 14.1. The van der Waals surface area contributed by atoms with E-state index in [0.717, 1.165) is 32.1 Å². The van der Waals surface area contributed by atoms with Crippen LogP contribution in [-0.4, -0.2) is 43.3 Å². The minimum Gasteiger partial charge on any atom is -0.444 e. The number of amides is 2. The molecule has 0 aliphatic rings. The zero-order chi connectivity index (χ0) is 17.0. The Labute approximate surface area is 133 Å². The van der Waals surface area contributed by atoms with Crippen LogP contribution in [0.4, 0.5) is 4.79 Å². The monoisotopic (exact) mass is 316 g/mol. The molecule has 0 aromatic carbocycles. The number of ether oxygens (including phenoxy) is 1. The van der Waals surface area contributed by atoms with E-state index in [-0.39, 0.29) is 18.5 Å². The van der Waals surface area contributed by atoms with E-state index >= 15 is 0 Å². The van der Waals surface area contributed by atoms with Gasteiger partial charge in [0.05, 0.1) is 6.04 Å². The molecule has 7 nitrogen and oxygen atoms in total. The maximum atomic E-state index is 11.4. The lowest BCUT2D eigenvalue weighted by Crippen LogP contribution is -2.45. The smallest absolute Gasteiger partial charge is 0.407 e. The van der Waals surface area contributed by atoms with Gasteiger partial charge in [0, 0.05) is 19.6 Å². The Morgan fingerprint density at radius 3 is 2.00 bits per heavy atom. The van der Waals surface area contributed by atoms with Crippen LogP contribution < -0.4 is 22.1 Å². The first-order chi connectivity index (χ1) is 10.3. The molecule has 22 heavy (non-hydrogen) atoms. The van der Waals surface area contributed by atoms with Crippen LogP contribution in [0.2, 0.25) is 0 Å². The minimum absolute atomic E-state index is 0.163. The number of alkyl carbamates (subject to hydrolysis) is 1. The van der Waals surface area contributed by atoms with Crippen LogP contribution in [0.3, 0.4) is 0 Å². The number of unbranched alkanes of at least 4 members (excludes halogenated alkanes) is 4. The first-order valence-corrected chi connectivity index (χ1v) is 7.96. The van der Waals surface area contributed by atoms with Gasteiger partial charge in [0.1, 0.15) is 5.60 Å². The number of carbonyl (C=O) groups excluding carboxylic acids is 2. The van der Waals surface area contributed by atoms with Gasteiger partial charge in [-0.1, -0.05) is 19.3 Å². The molecule has 7 heteroatoms. The number of rotatable bonds is 10. The number of hydrogen-bond donors (Lipinski definition) is 4. The van der Waals surface area contributed by atoms with Crippen molar-refractivity contribution in [3.05, 3.63) is 0 Å². The van der Waals surface area contributed by atoms with E-state index in [2.05, 4.69) is 10.6 Å². The third-order valence-electron chi connectivity index (χ3n) is 2.91. The SMILES string of the molecule is CC(C)(C)OC(=O)NCCCCCCCNC(=O)C(N)CN. The predicted octanol–water partition coefficient (Wildman–Crippen LogP) is 0.864. The number of carbonyl (C=O) groups is 2. The highest BCUT2D eigenvalue weighted by atomic mass is 16.6. The maximum Gasteiger partial charge on any atom is 0.407 e. The second-order valence-electron chi connectivity index (χ2n) is 6.33. The van der Waals surface area contributed by atoms with E-state index in [4.69, 9.17) is 16.2 Å². The van der Waals surface area contributed by atoms with Gasteiger partial charge in [-0.3, -0.25) is 4.79 Å². The van der Waals surface area contributed by atoms with Crippen molar-refractivity contribution in [2.75, 3.05) is 19.6 Å². The fraction of sp³-hybridized carbons (Fsp3) is 0.867. The van der Waals surface area contributed by atoms with Crippen molar-refractivity contribution in [3.63, 3.8) is 0 Å². The largest absolute Gasteiger partial charge is 0.444 e. The fourth-order valence-electron chi connectivity index (χ4n) is 1.73. The molecule has 0 aliphatic carbocycles. The van der Waals surface area contributed by atoms with Gasteiger partial charge >= 0.3 is 6.09 Å². The van der Waals surface area contributed by atoms with E-state index in [9.17, 15) is 9.59 Å². The summed E-state index contributed by atoms with van der Waals surface area (Å²) < 4.78 is 5.14. The van der Waals surface area contributed by atoms with Gasteiger partial charge in [-0.15, -0.1) is 0 Å². The summed E-state index contributed by atoms with van der Waals surface area (Å²) in [7, 11) is 0. The van der Waals surface area contributed by atoms with E-state index in [0.29, 0.717) is 13.1 Å². The molecule has 6 N–H and O–H groups in total. The van der Waals surface area contributed by atoms with E-state index in [1.54, 1.807) is 0 Å². The van der Waals surface area contributed by atoms with Crippen LogP contribution in [0.15, 0.2) is 0 Å². The van der Waals surface area contributed by atoms with Gasteiger partial charge in [-0.2, -0.15) is 0 Å². The molecule has 0 aliphatic heterocycles. The topological polar surface area (TPSA) is 119 Å². The molecule has 0 rings (SSSR count). The molecule has 0 saturated heterocycles. The molecule has 0 bridgehead atoms. The molecule has 0 heterocycles. The van der Waals surface area contributed by atoms with E-state index in [1.807, 2.05) is 20.8 Å². The Kier molecular flexibility index (Phi) is 10.6. The standard InChI is InChI=1S/C15H32N4O3/c1-15(2,3)22-14(21)19-10-8-6-4-5-7-9-18-13(20)12(17)11-16/h12H,4-11,16-17H2,1-3H3,(H,18,20)(H,19,21). The molecule has 130 valence electrons. The van der Waals surface area contributed by atoms with Crippen LogP contribution in [-0.2, 0) is 9.53 Å². The highest BCUT2D eigenvalue weighted by Crippen LogP contribution is 2.06. The fourth-order valence-corrected chi connectivity index (χ4v) is 1.73. The molecule has 0 aromatic rings. The normalized spacial score (nSPS) is 12.6. The summed E-state index contributed by atoms with van der Waals surface area (Å²) in [5, 5.41) is 5.49. The predicted molar refractivity (Wildman–Crippen MR) is 87.4 cm³/mol. The molecule has 1 unspecified atom stereocenters. The minimum atomic E-state index is -0.612. The van der Waals surface area contributed by atoms with E-state index in [1.165, 1.54) is 0 Å². The summed E-state index contributed by atoms with van der Waals surface area (Å²) >= 11 is 0. The first-order valence-electron chi connectivity index (χ1n) is 7.96. The lowest BCUT2D eigenvalue weighted by molar-refractivity contribution is -0.122. The summed E-state index contributed by atoms with van der Waals surface area (Å²) in [6.07, 6.45) is 4.60. The number of nitrogens with one attached hydrogen (secondary N) is 2. The molecule has 0 spiro atoms. The molecule has 0 fully saturated rings. The third kappa shape index (κ3) is 12.4. The summed E-state index contributed by atoms with van der Waals surface area (Å²) in [5.41, 5.74) is 10.3. The van der Waals surface area contributed by atoms with Crippen molar-refractivity contribution in [1.29, 1.82) is 0 Å². The summed E-state index contributed by atoms with van der Waals surface area (Å²) in [6.45, 7) is 6.93. The quantitative estimate of drug-likeness (QED) is 0.446. The van der Waals surface area contributed by atoms with Gasteiger partial charge in [0.2, 0.25) is 5.91 Å². The summed E-state index contributed by atoms with van der Waals surface area (Å²) in [5.74, 6) is -0.191. The second kappa shape index (κ2) is 11.3. The van der Waals surface area contributed by atoms with Crippen molar-refractivity contribution in [2.24, 2.45) is 11.5 Å². The van der Waals surface area contributed by atoms with Crippen LogP contribution >= 0.6 is 0 Å². The molecule has 0 radical (unpaired) electrons. The highest BCUT2D eigenvalue weighted by Gasteiger charge is 2.15. The van der Waals surface area contributed by atoms with E-state index < -0.39 is 11.6 Å². The van der Waals surface area contributed by atoms with Crippen molar-refractivity contribution >= 4 is 12.0 Å². The van der Waals surface area contributed by atoms with Gasteiger partial charge < -0.3 is 26.8 Å². The molecule has 0 saturated carbocycles. The molecule has 1 atom stereocenters. The van der Waals surface area contributed by atoms with Crippen molar-refractivity contribution < 1.29 is 14.3 Å².